The van der Waals surface area contributed by atoms with Crippen LogP contribution in [0.15, 0.2) is 70.8 Å². The first-order valence-electron chi connectivity index (χ1n) is 8.77. The number of ether oxygens (including phenoxy) is 1. The molecule has 0 spiro atoms. The standard InChI is InChI=1S/C21H13FN4O2S/c22-15-8-6-14(7-9-15)19-25-17(28-26-19)10-27-20-18-16(13-4-2-1-3-5-13)11-29-21(18)24-12-23-20/h1-9,11-12H,10H2. The molecule has 3 aromatic heterocycles. The molecule has 29 heavy (non-hydrogen) atoms. The third-order valence-corrected chi connectivity index (χ3v) is 5.21. The van der Waals surface area contributed by atoms with Gasteiger partial charge in [0.1, 0.15) is 17.0 Å². The van der Waals surface area contributed by atoms with Crippen LogP contribution in [0.4, 0.5) is 4.39 Å². The van der Waals surface area contributed by atoms with Crippen molar-refractivity contribution in [2.45, 2.75) is 6.61 Å². The van der Waals surface area contributed by atoms with Crippen molar-refractivity contribution in [3.05, 3.63) is 78.0 Å². The third-order valence-electron chi connectivity index (χ3n) is 4.32. The van der Waals surface area contributed by atoms with Crippen LogP contribution in [0.5, 0.6) is 5.88 Å². The molecule has 6 nitrogen and oxygen atoms in total. The number of rotatable bonds is 5. The highest BCUT2D eigenvalue weighted by molar-refractivity contribution is 7.17. The molecule has 0 fully saturated rings. The van der Waals surface area contributed by atoms with Gasteiger partial charge in [0.25, 0.3) is 5.89 Å². The predicted octanol–water partition coefficient (Wildman–Crippen LogP) is 5.13. The van der Waals surface area contributed by atoms with Crippen molar-refractivity contribution in [2.24, 2.45) is 0 Å². The molecule has 0 N–H and O–H groups in total. The second-order valence-corrected chi connectivity index (χ2v) is 7.04. The van der Waals surface area contributed by atoms with Crippen molar-refractivity contribution >= 4 is 21.6 Å². The van der Waals surface area contributed by atoms with Crippen molar-refractivity contribution in [1.82, 2.24) is 20.1 Å². The lowest BCUT2D eigenvalue weighted by Crippen LogP contribution is -1.99. The zero-order valence-electron chi connectivity index (χ0n) is 14.9. The van der Waals surface area contributed by atoms with E-state index in [0.717, 1.165) is 21.3 Å². The van der Waals surface area contributed by atoms with E-state index < -0.39 is 0 Å². The van der Waals surface area contributed by atoms with Gasteiger partial charge in [-0.2, -0.15) is 4.98 Å². The van der Waals surface area contributed by atoms with Gasteiger partial charge < -0.3 is 9.26 Å². The smallest absolute Gasteiger partial charge is 0.264 e. The number of nitrogens with zero attached hydrogens (tertiary/aromatic N) is 4. The van der Waals surface area contributed by atoms with Crippen LogP contribution in [0.1, 0.15) is 5.89 Å². The molecular formula is C21H13FN4O2S. The Bertz CT molecular complexity index is 1270. The first-order valence-corrected chi connectivity index (χ1v) is 9.65. The Morgan fingerprint density at radius 3 is 2.62 bits per heavy atom. The number of thiophene rings is 1. The summed E-state index contributed by atoms with van der Waals surface area (Å²) in [5.74, 6) is 0.805. The molecule has 0 atom stereocenters. The van der Waals surface area contributed by atoms with E-state index in [2.05, 4.69) is 20.1 Å². The minimum absolute atomic E-state index is 0.0599. The Kier molecular flexibility index (Phi) is 4.45. The van der Waals surface area contributed by atoms with Crippen molar-refractivity contribution in [3.63, 3.8) is 0 Å². The van der Waals surface area contributed by atoms with Crippen molar-refractivity contribution in [1.29, 1.82) is 0 Å². The largest absolute Gasteiger partial charge is 0.467 e. The second-order valence-electron chi connectivity index (χ2n) is 6.18. The number of aromatic nitrogens is 4. The summed E-state index contributed by atoms with van der Waals surface area (Å²) < 4.78 is 24.2. The fourth-order valence-corrected chi connectivity index (χ4v) is 3.85. The average molecular weight is 404 g/mol. The van der Waals surface area contributed by atoms with Crippen LogP contribution >= 0.6 is 11.3 Å². The molecule has 142 valence electrons. The first kappa shape index (κ1) is 17.4. The second kappa shape index (κ2) is 7.40. The van der Waals surface area contributed by atoms with E-state index >= 15 is 0 Å². The van der Waals surface area contributed by atoms with E-state index in [0.29, 0.717) is 23.2 Å². The van der Waals surface area contributed by atoms with Gasteiger partial charge in [0, 0.05) is 16.5 Å². The lowest BCUT2D eigenvalue weighted by Gasteiger charge is -2.05. The van der Waals surface area contributed by atoms with E-state index in [1.54, 1.807) is 12.1 Å². The van der Waals surface area contributed by atoms with Gasteiger partial charge in [0.2, 0.25) is 11.7 Å². The maximum atomic E-state index is 13.1. The third kappa shape index (κ3) is 3.45. The van der Waals surface area contributed by atoms with Gasteiger partial charge in [-0.15, -0.1) is 11.3 Å². The molecule has 0 aliphatic rings. The molecule has 0 bridgehead atoms. The van der Waals surface area contributed by atoms with Crippen molar-refractivity contribution < 1.29 is 13.7 Å². The molecule has 0 saturated carbocycles. The summed E-state index contributed by atoms with van der Waals surface area (Å²) in [7, 11) is 0. The van der Waals surface area contributed by atoms with Crippen LogP contribution < -0.4 is 4.74 Å². The molecule has 5 rings (SSSR count). The lowest BCUT2D eigenvalue weighted by atomic mass is 10.1. The molecular weight excluding hydrogens is 391 g/mol. The fraction of sp³-hybridized carbons (Fsp3) is 0.0476. The van der Waals surface area contributed by atoms with Gasteiger partial charge in [-0.05, 0) is 29.8 Å². The zero-order chi connectivity index (χ0) is 19.6. The number of fused-ring (bicyclic) bond motifs is 1. The maximum Gasteiger partial charge on any atom is 0.264 e. The summed E-state index contributed by atoms with van der Waals surface area (Å²) in [6.07, 6.45) is 1.47. The molecule has 3 heterocycles. The van der Waals surface area contributed by atoms with Gasteiger partial charge >= 0.3 is 0 Å². The first-order chi connectivity index (χ1) is 14.3. The summed E-state index contributed by atoms with van der Waals surface area (Å²) in [4.78, 5) is 13.8. The molecule has 0 unspecified atom stereocenters. The normalized spacial score (nSPS) is 11.1. The Balaban J connectivity index is 1.42. The van der Waals surface area contributed by atoms with E-state index in [-0.39, 0.29) is 12.4 Å². The number of hydrogen-bond acceptors (Lipinski definition) is 7. The molecule has 0 saturated heterocycles. The highest BCUT2D eigenvalue weighted by Crippen LogP contribution is 2.37. The number of hydrogen-bond donors (Lipinski definition) is 0. The van der Waals surface area contributed by atoms with Gasteiger partial charge in [-0.1, -0.05) is 35.5 Å². The van der Waals surface area contributed by atoms with Crippen LogP contribution in [-0.2, 0) is 6.61 Å². The van der Waals surface area contributed by atoms with Crippen LogP contribution in [0.2, 0.25) is 0 Å². The summed E-state index contributed by atoms with van der Waals surface area (Å²) in [5.41, 5.74) is 2.74. The van der Waals surface area contributed by atoms with Crippen LogP contribution in [-0.4, -0.2) is 20.1 Å². The van der Waals surface area contributed by atoms with E-state index in [1.807, 2.05) is 35.7 Å². The minimum Gasteiger partial charge on any atom is -0.467 e. The molecule has 8 heteroatoms. The summed E-state index contributed by atoms with van der Waals surface area (Å²) in [5, 5.41) is 6.82. The number of benzene rings is 2. The van der Waals surface area contributed by atoms with Gasteiger partial charge in [0.15, 0.2) is 6.61 Å². The van der Waals surface area contributed by atoms with Crippen molar-refractivity contribution in [3.8, 4) is 28.4 Å². The highest BCUT2D eigenvalue weighted by Gasteiger charge is 2.16. The summed E-state index contributed by atoms with van der Waals surface area (Å²) in [6.45, 7) is 0.0599. The molecule has 0 aliphatic heterocycles. The predicted molar refractivity (Wildman–Crippen MR) is 107 cm³/mol. The highest BCUT2D eigenvalue weighted by atomic mass is 32.1. The Hall–Kier alpha value is -3.65. The molecule has 0 radical (unpaired) electrons. The Morgan fingerprint density at radius 1 is 0.966 bits per heavy atom. The molecule has 0 aliphatic carbocycles. The lowest BCUT2D eigenvalue weighted by molar-refractivity contribution is 0.238. The fourth-order valence-electron chi connectivity index (χ4n) is 2.95. The average Bonchev–Trinajstić information content (AvgIpc) is 3.41. The van der Waals surface area contributed by atoms with Gasteiger partial charge in [-0.25, -0.2) is 14.4 Å². The molecule has 5 aromatic rings. The number of halogens is 1. The van der Waals surface area contributed by atoms with Gasteiger partial charge in [0.05, 0.1) is 5.39 Å². The Labute approximate surface area is 168 Å². The van der Waals surface area contributed by atoms with Crippen LogP contribution in [0, 0.1) is 5.82 Å². The van der Waals surface area contributed by atoms with Crippen molar-refractivity contribution in [2.75, 3.05) is 0 Å². The van der Waals surface area contributed by atoms with Crippen LogP contribution in [0.3, 0.4) is 0 Å². The topological polar surface area (TPSA) is 73.9 Å². The van der Waals surface area contributed by atoms with E-state index in [1.165, 1.54) is 29.8 Å². The maximum absolute atomic E-state index is 13.1. The molecule has 0 amide bonds. The van der Waals surface area contributed by atoms with Gasteiger partial charge in [-0.3, -0.25) is 0 Å². The summed E-state index contributed by atoms with van der Waals surface area (Å²) in [6, 6.07) is 15.9. The zero-order valence-corrected chi connectivity index (χ0v) is 15.8. The quantitative estimate of drug-likeness (QED) is 0.404. The van der Waals surface area contributed by atoms with E-state index in [4.69, 9.17) is 9.26 Å². The molecule has 2 aromatic carbocycles. The summed E-state index contributed by atoms with van der Waals surface area (Å²) >= 11 is 1.53. The monoisotopic (exact) mass is 404 g/mol. The SMILES string of the molecule is Fc1ccc(-c2noc(COc3ncnc4scc(-c5ccccc5)c34)n2)cc1. The van der Waals surface area contributed by atoms with Crippen LogP contribution in [0.25, 0.3) is 32.7 Å². The van der Waals surface area contributed by atoms with E-state index in [9.17, 15) is 4.39 Å². The minimum atomic E-state index is -0.321. The Morgan fingerprint density at radius 2 is 1.79 bits per heavy atom.